The van der Waals surface area contributed by atoms with Crippen LogP contribution in [0.5, 0.6) is 0 Å². The maximum atomic E-state index is 13.9. The molecule has 0 amide bonds. The minimum absolute atomic E-state index is 0.128. The van der Waals surface area contributed by atoms with Gasteiger partial charge in [0, 0.05) is 0 Å². The van der Waals surface area contributed by atoms with Gasteiger partial charge in [-0.1, -0.05) is 38.1 Å². The molecule has 0 spiro atoms. The van der Waals surface area contributed by atoms with Gasteiger partial charge >= 0.3 is 5.97 Å². The topological polar surface area (TPSA) is 44.1 Å². The highest BCUT2D eigenvalue weighted by Gasteiger charge is 2.24. The van der Waals surface area contributed by atoms with Gasteiger partial charge in [-0.3, -0.25) is 0 Å². The summed E-state index contributed by atoms with van der Waals surface area (Å²) in [7, 11) is 0. The van der Waals surface area contributed by atoms with Crippen LogP contribution < -0.4 is 0 Å². The lowest BCUT2D eigenvalue weighted by Gasteiger charge is -2.18. The van der Waals surface area contributed by atoms with Crippen LogP contribution in [0, 0.1) is 18.8 Å². The van der Waals surface area contributed by atoms with E-state index in [0.29, 0.717) is 0 Å². The predicted molar refractivity (Wildman–Crippen MR) is 82.3 cm³/mol. The number of hydrogen-bond donors (Lipinski definition) is 0. The SMILES string of the molecule is Cc1ccccc1[C@@H](C)n1cnc(F)c1C(=O)OCC(C)C. The number of carbonyl (C=O) groups is 1. The third-order valence-corrected chi connectivity index (χ3v) is 3.55. The highest BCUT2D eigenvalue weighted by Crippen LogP contribution is 2.24. The van der Waals surface area contributed by atoms with E-state index in [0.717, 1.165) is 11.1 Å². The molecule has 1 aromatic heterocycles. The zero-order valence-electron chi connectivity index (χ0n) is 13.3. The van der Waals surface area contributed by atoms with Crippen LogP contribution in [-0.4, -0.2) is 22.1 Å². The molecular formula is C17H21FN2O2. The highest BCUT2D eigenvalue weighted by atomic mass is 19.1. The second-order valence-corrected chi connectivity index (χ2v) is 5.82. The Kier molecular flexibility index (Phi) is 4.96. The third kappa shape index (κ3) is 3.35. The summed E-state index contributed by atoms with van der Waals surface area (Å²) in [6.07, 6.45) is 1.35. The van der Waals surface area contributed by atoms with Crippen molar-refractivity contribution in [1.29, 1.82) is 0 Å². The predicted octanol–water partition coefficient (Wildman–Crippen LogP) is 3.75. The highest BCUT2D eigenvalue weighted by molar-refractivity contribution is 5.87. The molecule has 0 radical (unpaired) electrons. The molecule has 118 valence electrons. The van der Waals surface area contributed by atoms with Gasteiger partial charge in [0.1, 0.15) is 0 Å². The van der Waals surface area contributed by atoms with Crippen molar-refractivity contribution in [2.45, 2.75) is 33.7 Å². The Morgan fingerprint density at radius 3 is 2.64 bits per heavy atom. The minimum atomic E-state index is -0.797. The molecule has 0 aliphatic carbocycles. The maximum Gasteiger partial charge on any atom is 0.359 e. The van der Waals surface area contributed by atoms with E-state index in [1.807, 2.05) is 52.0 Å². The fourth-order valence-corrected chi connectivity index (χ4v) is 2.34. The van der Waals surface area contributed by atoms with Gasteiger partial charge in [0.25, 0.3) is 0 Å². The number of nitrogens with zero attached hydrogens (tertiary/aromatic N) is 2. The molecule has 0 aliphatic rings. The third-order valence-electron chi connectivity index (χ3n) is 3.55. The average molecular weight is 304 g/mol. The van der Waals surface area contributed by atoms with Crippen LogP contribution in [0.25, 0.3) is 0 Å². The molecular weight excluding hydrogens is 283 g/mol. The number of halogens is 1. The van der Waals surface area contributed by atoms with Crippen molar-refractivity contribution < 1.29 is 13.9 Å². The van der Waals surface area contributed by atoms with Crippen LogP contribution in [0.4, 0.5) is 4.39 Å². The number of esters is 1. The van der Waals surface area contributed by atoms with E-state index < -0.39 is 11.9 Å². The smallest absolute Gasteiger partial charge is 0.359 e. The molecule has 1 aromatic carbocycles. The lowest BCUT2D eigenvalue weighted by Crippen LogP contribution is -2.19. The summed E-state index contributed by atoms with van der Waals surface area (Å²) in [4.78, 5) is 15.8. The number of aromatic nitrogens is 2. The first-order valence-electron chi connectivity index (χ1n) is 7.36. The fourth-order valence-electron chi connectivity index (χ4n) is 2.34. The van der Waals surface area contributed by atoms with Gasteiger partial charge in [-0.15, -0.1) is 0 Å². The first-order valence-corrected chi connectivity index (χ1v) is 7.36. The molecule has 0 fully saturated rings. The summed E-state index contributed by atoms with van der Waals surface area (Å²) >= 11 is 0. The van der Waals surface area contributed by atoms with Crippen LogP contribution >= 0.6 is 0 Å². The van der Waals surface area contributed by atoms with Gasteiger partial charge in [-0.25, -0.2) is 9.78 Å². The van der Waals surface area contributed by atoms with Gasteiger partial charge in [0.05, 0.1) is 19.0 Å². The van der Waals surface area contributed by atoms with E-state index in [1.54, 1.807) is 0 Å². The second kappa shape index (κ2) is 6.73. The van der Waals surface area contributed by atoms with Crippen molar-refractivity contribution in [3.8, 4) is 0 Å². The summed E-state index contributed by atoms with van der Waals surface area (Å²) in [6.45, 7) is 7.99. The summed E-state index contributed by atoms with van der Waals surface area (Å²) in [5.41, 5.74) is 1.96. The number of hydrogen-bond acceptors (Lipinski definition) is 3. The van der Waals surface area contributed by atoms with E-state index in [-0.39, 0.29) is 24.3 Å². The van der Waals surface area contributed by atoms with Gasteiger partial charge in [0.2, 0.25) is 5.95 Å². The van der Waals surface area contributed by atoms with Crippen molar-refractivity contribution in [3.63, 3.8) is 0 Å². The molecule has 22 heavy (non-hydrogen) atoms. The molecule has 5 heteroatoms. The van der Waals surface area contributed by atoms with Crippen LogP contribution in [0.3, 0.4) is 0 Å². The first kappa shape index (κ1) is 16.2. The quantitative estimate of drug-likeness (QED) is 0.790. The van der Waals surface area contributed by atoms with Crippen molar-refractivity contribution in [2.75, 3.05) is 6.61 Å². The molecule has 2 rings (SSSR count). The minimum Gasteiger partial charge on any atom is -0.461 e. The van der Waals surface area contributed by atoms with E-state index in [2.05, 4.69) is 4.98 Å². The average Bonchev–Trinajstić information content (AvgIpc) is 2.86. The largest absolute Gasteiger partial charge is 0.461 e. The molecule has 0 saturated heterocycles. The Labute approximate surface area is 129 Å². The van der Waals surface area contributed by atoms with Gasteiger partial charge in [-0.05, 0) is 30.9 Å². The second-order valence-electron chi connectivity index (χ2n) is 5.82. The molecule has 2 aromatic rings. The molecule has 0 unspecified atom stereocenters. The van der Waals surface area contributed by atoms with E-state index in [9.17, 15) is 9.18 Å². The number of ether oxygens (including phenoxy) is 1. The van der Waals surface area contributed by atoms with Gasteiger partial charge < -0.3 is 9.30 Å². The summed E-state index contributed by atoms with van der Waals surface area (Å²) in [5, 5.41) is 0. The van der Waals surface area contributed by atoms with Crippen molar-refractivity contribution >= 4 is 5.97 Å². The lowest BCUT2D eigenvalue weighted by atomic mass is 10.0. The molecule has 1 heterocycles. The number of rotatable bonds is 5. The molecule has 0 aliphatic heterocycles. The van der Waals surface area contributed by atoms with Gasteiger partial charge in [-0.2, -0.15) is 4.39 Å². The zero-order chi connectivity index (χ0) is 16.3. The molecule has 0 bridgehead atoms. The van der Waals surface area contributed by atoms with Crippen LogP contribution in [0.2, 0.25) is 0 Å². The first-order chi connectivity index (χ1) is 10.4. The normalized spacial score (nSPS) is 12.5. The number of aryl methyl sites for hydroxylation is 1. The Balaban J connectivity index is 2.33. The number of benzene rings is 1. The van der Waals surface area contributed by atoms with Crippen molar-refractivity contribution in [3.05, 3.63) is 53.4 Å². The monoisotopic (exact) mass is 304 g/mol. The lowest BCUT2D eigenvalue weighted by molar-refractivity contribution is 0.0439. The van der Waals surface area contributed by atoms with E-state index in [4.69, 9.17) is 4.74 Å². The summed E-state index contributed by atoms with van der Waals surface area (Å²) in [5.74, 6) is -1.28. The van der Waals surface area contributed by atoms with Crippen LogP contribution in [0.1, 0.15) is 48.4 Å². The summed E-state index contributed by atoms with van der Waals surface area (Å²) in [6, 6.07) is 7.59. The fraction of sp³-hybridized carbons (Fsp3) is 0.412. The Morgan fingerprint density at radius 2 is 2.00 bits per heavy atom. The van der Waals surface area contributed by atoms with E-state index in [1.165, 1.54) is 10.9 Å². The number of carbonyl (C=O) groups excluding carboxylic acids is 1. The van der Waals surface area contributed by atoms with Crippen molar-refractivity contribution in [2.24, 2.45) is 5.92 Å². The van der Waals surface area contributed by atoms with Gasteiger partial charge in [0.15, 0.2) is 5.69 Å². The number of imidazole rings is 1. The molecule has 1 atom stereocenters. The molecule has 0 N–H and O–H groups in total. The Bertz CT molecular complexity index is 664. The Hall–Kier alpha value is -2.17. The standard InChI is InChI=1S/C17H21FN2O2/c1-11(2)9-22-17(21)15-16(18)19-10-20(15)13(4)14-8-6-5-7-12(14)3/h5-8,10-11,13H,9H2,1-4H3/t13-/m1/s1. The zero-order valence-corrected chi connectivity index (χ0v) is 13.3. The Morgan fingerprint density at radius 1 is 1.32 bits per heavy atom. The van der Waals surface area contributed by atoms with Crippen LogP contribution in [-0.2, 0) is 4.74 Å². The maximum absolute atomic E-state index is 13.9. The van der Waals surface area contributed by atoms with Crippen LogP contribution in [0.15, 0.2) is 30.6 Å². The molecule has 0 saturated carbocycles. The molecule has 4 nitrogen and oxygen atoms in total. The van der Waals surface area contributed by atoms with E-state index >= 15 is 0 Å². The van der Waals surface area contributed by atoms with Crippen molar-refractivity contribution in [1.82, 2.24) is 9.55 Å². The summed E-state index contributed by atoms with van der Waals surface area (Å²) < 4.78 is 20.6.